The van der Waals surface area contributed by atoms with Gasteiger partial charge in [0.05, 0.1) is 33.4 Å². The van der Waals surface area contributed by atoms with Gasteiger partial charge >= 0.3 is 0 Å². The first kappa shape index (κ1) is 22.1. The number of hydrazine groups is 1. The summed E-state index contributed by atoms with van der Waals surface area (Å²) >= 11 is 0. The Bertz CT molecular complexity index is 964. The van der Waals surface area contributed by atoms with Crippen LogP contribution in [0.25, 0.3) is 0 Å². The normalized spacial score (nSPS) is 15.7. The summed E-state index contributed by atoms with van der Waals surface area (Å²) in [4.78, 5) is 38.9. The predicted molar refractivity (Wildman–Crippen MR) is 113 cm³/mol. The molecule has 0 aromatic heterocycles. The Balaban J connectivity index is 1.70. The summed E-state index contributed by atoms with van der Waals surface area (Å²) in [6.07, 6.45) is 0.795. The zero-order valence-electron chi connectivity index (χ0n) is 17.9. The zero-order chi connectivity index (χ0) is 22.5. The molecule has 1 aliphatic rings. The molecule has 0 unspecified atom stereocenters. The second kappa shape index (κ2) is 9.48. The smallest absolute Gasteiger partial charge is 0.265 e. The molecule has 1 heterocycles. The highest BCUT2D eigenvalue weighted by Gasteiger charge is 2.39. The van der Waals surface area contributed by atoms with E-state index in [1.54, 1.807) is 12.1 Å². The van der Waals surface area contributed by atoms with Gasteiger partial charge in [-0.05, 0) is 36.2 Å². The largest absolute Gasteiger partial charge is 0.493 e. The van der Waals surface area contributed by atoms with Crippen LogP contribution < -0.4 is 30.0 Å². The lowest BCUT2D eigenvalue weighted by Crippen LogP contribution is -2.48. The molecule has 0 bridgehead atoms. The van der Waals surface area contributed by atoms with Gasteiger partial charge < -0.3 is 14.2 Å². The molecule has 1 saturated heterocycles. The molecule has 1 aliphatic heterocycles. The summed E-state index contributed by atoms with van der Waals surface area (Å²) < 4.78 is 15.7. The first-order valence-electron chi connectivity index (χ1n) is 9.75. The van der Waals surface area contributed by atoms with Gasteiger partial charge in [0, 0.05) is 5.56 Å². The lowest BCUT2D eigenvalue weighted by Gasteiger charge is -2.17. The average Bonchev–Trinajstić information content (AvgIpc) is 3.09. The number of nitrogens with zero attached hydrogens (tertiary/aromatic N) is 1. The number of hydrogen-bond acceptors (Lipinski definition) is 7. The molecule has 3 amide bonds. The molecule has 0 saturated carbocycles. The van der Waals surface area contributed by atoms with Crippen molar-refractivity contribution in [2.24, 2.45) is 0 Å². The van der Waals surface area contributed by atoms with E-state index >= 15 is 0 Å². The van der Waals surface area contributed by atoms with Gasteiger partial charge in [-0.3, -0.25) is 19.8 Å². The predicted octanol–water partition coefficient (Wildman–Crippen LogP) is 1.84. The molecule has 0 aliphatic carbocycles. The van der Waals surface area contributed by atoms with Crippen molar-refractivity contribution in [1.82, 2.24) is 10.9 Å². The van der Waals surface area contributed by atoms with Crippen molar-refractivity contribution >= 4 is 23.4 Å². The van der Waals surface area contributed by atoms with Crippen molar-refractivity contribution in [3.63, 3.8) is 0 Å². The maximum Gasteiger partial charge on any atom is 0.265 e. The van der Waals surface area contributed by atoms with Gasteiger partial charge in [0.2, 0.25) is 11.7 Å². The Morgan fingerprint density at radius 1 is 1.03 bits per heavy atom. The van der Waals surface area contributed by atoms with E-state index in [0.717, 1.165) is 16.9 Å². The van der Waals surface area contributed by atoms with E-state index in [4.69, 9.17) is 14.2 Å². The quantitative estimate of drug-likeness (QED) is 0.489. The number of hydrogen-bond donors (Lipinski definition) is 2. The van der Waals surface area contributed by atoms with Crippen molar-refractivity contribution in [3.8, 4) is 17.2 Å². The van der Waals surface area contributed by atoms with E-state index in [0.29, 0.717) is 22.9 Å². The molecule has 2 N–H and O–H groups in total. The van der Waals surface area contributed by atoms with Crippen molar-refractivity contribution < 1.29 is 28.6 Å². The molecule has 2 aromatic carbocycles. The average molecular weight is 427 g/mol. The summed E-state index contributed by atoms with van der Waals surface area (Å²) in [5.41, 5.74) is 6.98. The van der Waals surface area contributed by atoms with Crippen molar-refractivity contribution in [2.75, 3.05) is 26.2 Å². The van der Waals surface area contributed by atoms with Gasteiger partial charge in [-0.25, -0.2) is 10.3 Å². The number of carbonyl (C=O) groups excluding carboxylic acids is 3. The summed E-state index contributed by atoms with van der Waals surface area (Å²) in [5.74, 6) is -0.295. The third kappa shape index (κ3) is 4.46. The number of ether oxygens (including phenoxy) is 3. The Morgan fingerprint density at radius 2 is 1.65 bits per heavy atom. The number of amides is 3. The van der Waals surface area contributed by atoms with Crippen LogP contribution in [0.5, 0.6) is 17.2 Å². The van der Waals surface area contributed by atoms with Gasteiger partial charge in [-0.1, -0.05) is 19.1 Å². The lowest BCUT2D eigenvalue weighted by atomic mass is 10.1. The molecule has 1 atom stereocenters. The zero-order valence-corrected chi connectivity index (χ0v) is 17.9. The van der Waals surface area contributed by atoms with Crippen LogP contribution in [0.1, 0.15) is 29.3 Å². The van der Waals surface area contributed by atoms with Gasteiger partial charge in [0.25, 0.3) is 11.8 Å². The minimum Gasteiger partial charge on any atom is -0.493 e. The second-order valence-electron chi connectivity index (χ2n) is 6.86. The monoisotopic (exact) mass is 427 g/mol. The second-order valence-corrected chi connectivity index (χ2v) is 6.86. The topological polar surface area (TPSA) is 106 Å². The van der Waals surface area contributed by atoms with Crippen molar-refractivity contribution in [1.29, 1.82) is 0 Å². The van der Waals surface area contributed by atoms with E-state index < -0.39 is 17.9 Å². The number of carbonyl (C=O) groups is 3. The number of methoxy groups -OCH3 is 3. The van der Waals surface area contributed by atoms with Crippen LogP contribution in [-0.2, 0) is 16.0 Å². The SMILES string of the molecule is CCc1ccc(N2C(=O)C[C@H](NNC(=O)c3cc(OC)c(OC)c(OC)c3)C2=O)cc1. The number of rotatable bonds is 8. The van der Waals surface area contributed by atoms with Crippen LogP contribution in [-0.4, -0.2) is 45.1 Å². The number of anilines is 1. The first-order valence-corrected chi connectivity index (χ1v) is 9.75. The molecule has 2 aromatic rings. The van der Waals surface area contributed by atoms with E-state index in [9.17, 15) is 14.4 Å². The van der Waals surface area contributed by atoms with E-state index in [-0.39, 0.29) is 17.9 Å². The summed E-state index contributed by atoms with van der Waals surface area (Å²) in [6.45, 7) is 2.03. The Hall–Kier alpha value is -3.59. The number of nitrogens with one attached hydrogen (secondary N) is 2. The van der Waals surface area contributed by atoms with Crippen LogP contribution in [0.3, 0.4) is 0 Å². The molecule has 0 spiro atoms. The van der Waals surface area contributed by atoms with Crippen LogP contribution in [0.15, 0.2) is 36.4 Å². The van der Waals surface area contributed by atoms with E-state index in [2.05, 4.69) is 10.9 Å². The Labute approximate surface area is 180 Å². The Morgan fingerprint density at radius 3 is 2.16 bits per heavy atom. The fourth-order valence-corrected chi connectivity index (χ4v) is 3.33. The van der Waals surface area contributed by atoms with E-state index in [1.165, 1.54) is 33.5 Å². The molecule has 9 heteroatoms. The van der Waals surface area contributed by atoms with Crippen LogP contribution in [0.4, 0.5) is 5.69 Å². The minimum atomic E-state index is -0.871. The Kier molecular flexibility index (Phi) is 6.76. The first-order chi connectivity index (χ1) is 14.9. The summed E-state index contributed by atoms with van der Waals surface area (Å²) in [5, 5.41) is 0. The summed E-state index contributed by atoms with van der Waals surface area (Å²) in [6, 6.07) is 9.34. The van der Waals surface area contributed by atoms with E-state index in [1.807, 2.05) is 19.1 Å². The number of benzene rings is 2. The molecule has 3 rings (SSSR count). The van der Waals surface area contributed by atoms with Gasteiger partial charge in [0.15, 0.2) is 11.5 Å². The van der Waals surface area contributed by atoms with Crippen LogP contribution in [0.2, 0.25) is 0 Å². The lowest BCUT2D eigenvalue weighted by molar-refractivity contribution is -0.121. The van der Waals surface area contributed by atoms with Crippen LogP contribution >= 0.6 is 0 Å². The van der Waals surface area contributed by atoms with Crippen molar-refractivity contribution in [3.05, 3.63) is 47.5 Å². The number of aryl methyl sites for hydroxylation is 1. The molecule has 0 radical (unpaired) electrons. The molecular weight excluding hydrogens is 402 g/mol. The maximum atomic E-state index is 12.7. The molecule has 164 valence electrons. The van der Waals surface area contributed by atoms with Gasteiger partial charge in [-0.15, -0.1) is 0 Å². The highest BCUT2D eigenvalue weighted by Crippen LogP contribution is 2.38. The highest BCUT2D eigenvalue weighted by molar-refractivity contribution is 6.22. The van der Waals surface area contributed by atoms with Gasteiger partial charge in [0.1, 0.15) is 6.04 Å². The standard InChI is InChI=1S/C22H25N3O6/c1-5-13-6-8-15(9-7-13)25-19(26)12-16(22(25)28)23-24-21(27)14-10-17(29-2)20(31-4)18(11-14)30-3/h6-11,16,23H,5,12H2,1-4H3,(H,24,27)/t16-/m0/s1. The van der Waals surface area contributed by atoms with Crippen molar-refractivity contribution in [2.45, 2.75) is 25.8 Å². The third-order valence-electron chi connectivity index (χ3n) is 5.04. The highest BCUT2D eigenvalue weighted by atomic mass is 16.5. The van der Waals surface area contributed by atoms with Crippen LogP contribution in [0, 0.1) is 0 Å². The fourth-order valence-electron chi connectivity index (χ4n) is 3.33. The molecule has 31 heavy (non-hydrogen) atoms. The molecule has 9 nitrogen and oxygen atoms in total. The maximum absolute atomic E-state index is 12.7. The fraction of sp³-hybridized carbons (Fsp3) is 0.318. The number of imide groups is 1. The van der Waals surface area contributed by atoms with Gasteiger partial charge in [-0.2, -0.15) is 0 Å². The summed E-state index contributed by atoms with van der Waals surface area (Å²) in [7, 11) is 4.36. The molecule has 1 fully saturated rings. The minimum absolute atomic E-state index is 0.0656. The third-order valence-corrected chi connectivity index (χ3v) is 5.04. The molecular formula is C22H25N3O6.